The molecule has 0 aliphatic heterocycles. The van der Waals surface area contributed by atoms with Gasteiger partial charge in [0, 0.05) is 10.6 Å². The second-order valence-electron chi connectivity index (χ2n) is 4.58. The fraction of sp³-hybridized carbons (Fsp3) is 0.500. The lowest BCUT2D eigenvalue weighted by molar-refractivity contribution is 0.477. The van der Waals surface area contributed by atoms with Crippen LogP contribution in [-0.2, 0) is 6.42 Å². The Labute approximate surface area is 91.3 Å². The van der Waals surface area contributed by atoms with Crippen LogP contribution < -0.4 is 5.73 Å². The molecule has 14 heavy (non-hydrogen) atoms. The average molecular weight is 212 g/mol. The van der Waals surface area contributed by atoms with E-state index in [9.17, 15) is 0 Å². The number of nitrogens with two attached hydrogens (primary N) is 1. The van der Waals surface area contributed by atoms with Gasteiger partial charge in [0.1, 0.15) is 0 Å². The molecule has 0 heterocycles. The van der Waals surface area contributed by atoms with Crippen LogP contribution in [-0.4, -0.2) is 5.54 Å². The molecule has 0 aliphatic rings. The maximum Gasteiger partial charge on any atom is 0.0438 e. The third-order valence-electron chi connectivity index (χ3n) is 2.24. The topological polar surface area (TPSA) is 26.0 Å². The van der Waals surface area contributed by atoms with Gasteiger partial charge in [-0.05, 0) is 45.2 Å². The number of hydrogen-bond acceptors (Lipinski definition) is 1. The van der Waals surface area contributed by atoms with E-state index in [4.69, 9.17) is 17.3 Å². The van der Waals surface area contributed by atoms with Crippen molar-refractivity contribution in [3.8, 4) is 0 Å². The molecule has 0 saturated heterocycles. The maximum atomic E-state index is 6.08. The van der Waals surface area contributed by atoms with Crippen LogP contribution in [0, 0.1) is 6.92 Å². The Bertz CT molecular complexity index is 313. The van der Waals surface area contributed by atoms with E-state index in [0.29, 0.717) is 0 Å². The molecule has 1 aromatic carbocycles. The molecule has 0 amide bonds. The van der Waals surface area contributed by atoms with Crippen molar-refractivity contribution in [1.29, 1.82) is 0 Å². The smallest absolute Gasteiger partial charge is 0.0438 e. The Balaban J connectivity index is 2.72. The average Bonchev–Trinajstić information content (AvgIpc) is 2.05. The van der Waals surface area contributed by atoms with Crippen molar-refractivity contribution in [2.75, 3.05) is 0 Å². The third kappa shape index (κ3) is 3.69. The van der Waals surface area contributed by atoms with Crippen molar-refractivity contribution in [3.05, 3.63) is 34.3 Å². The van der Waals surface area contributed by atoms with Crippen molar-refractivity contribution in [1.82, 2.24) is 0 Å². The number of hydrogen-bond donors (Lipinski definition) is 1. The van der Waals surface area contributed by atoms with E-state index in [1.807, 2.05) is 26.0 Å². The fourth-order valence-corrected chi connectivity index (χ4v) is 1.56. The normalized spacial score (nSPS) is 11.8. The Hall–Kier alpha value is -0.530. The summed E-state index contributed by atoms with van der Waals surface area (Å²) in [5, 5.41) is 0.847. The predicted molar refractivity (Wildman–Crippen MR) is 62.8 cm³/mol. The zero-order valence-corrected chi connectivity index (χ0v) is 9.86. The molecule has 0 spiro atoms. The summed E-state index contributed by atoms with van der Waals surface area (Å²) in [4.78, 5) is 0. The van der Waals surface area contributed by atoms with E-state index in [0.717, 1.165) is 17.9 Å². The summed E-state index contributed by atoms with van der Waals surface area (Å²) in [7, 11) is 0. The van der Waals surface area contributed by atoms with Crippen LogP contribution in [0.15, 0.2) is 18.2 Å². The van der Waals surface area contributed by atoms with Crippen molar-refractivity contribution < 1.29 is 0 Å². The molecule has 78 valence electrons. The molecule has 0 saturated carbocycles. The van der Waals surface area contributed by atoms with Gasteiger partial charge in [-0.25, -0.2) is 0 Å². The summed E-state index contributed by atoms with van der Waals surface area (Å²) in [6.07, 6.45) is 1.90. The largest absolute Gasteiger partial charge is 0.326 e. The standard InChI is InChI=1S/C12H18ClN/c1-9-4-5-11(13)10(8-9)6-7-12(2,3)14/h4-5,8H,6-7,14H2,1-3H3. The molecule has 0 aliphatic carbocycles. The third-order valence-corrected chi connectivity index (χ3v) is 2.61. The van der Waals surface area contributed by atoms with Gasteiger partial charge in [0.2, 0.25) is 0 Å². The molecular weight excluding hydrogens is 194 g/mol. The van der Waals surface area contributed by atoms with E-state index in [1.54, 1.807) is 0 Å². The van der Waals surface area contributed by atoms with E-state index in [-0.39, 0.29) is 5.54 Å². The fourth-order valence-electron chi connectivity index (χ4n) is 1.35. The van der Waals surface area contributed by atoms with E-state index >= 15 is 0 Å². The molecule has 0 radical (unpaired) electrons. The SMILES string of the molecule is Cc1ccc(Cl)c(CCC(C)(C)N)c1. The lowest BCUT2D eigenvalue weighted by atomic mass is 9.96. The second kappa shape index (κ2) is 4.33. The molecule has 1 nitrogen and oxygen atoms in total. The van der Waals surface area contributed by atoms with Crippen molar-refractivity contribution >= 4 is 11.6 Å². The molecule has 0 bridgehead atoms. The first kappa shape index (κ1) is 11.5. The minimum absolute atomic E-state index is 0.118. The summed E-state index contributed by atoms with van der Waals surface area (Å²) in [6.45, 7) is 6.15. The highest BCUT2D eigenvalue weighted by Crippen LogP contribution is 2.20. The first-order valence-electron chi connectivity index (χ1n) is 4.92. The Morgan fingerprint density at radius 2 is 2.00 bits per heavy atom. The molecular formula is C12H18ClN. The maximum absolute atomic E-state index is 6.08. The van der Waals surface area contributed by atoms with Crippen LogP contribution in [0.1, 0.15) is 31.4 Å². The number of aryl methyl sites for hydroxylation is 2. The van der Waals surface area contributed by atoms with Crippen molar-refractivity contribution in [2.45, 2.75) is 39.2 Å². The Morgan fingerprint density at radius 3 is 2.57 bits per heavy atom. The van der Waals surface area contributed by atoms with Gasteiger partial charge < -0.3 is 5.73 Å². The van der Waals surface area contributed by atoms with Crippen LogP contribution in [0.2, 0.25) is 5.02 Å². The van der Waals surface area contributed by atoms with Crippen LogP contribution in [0.25, 0.3) is 0 Å². The highest BCUT2D eigenvalue weighted by atomic mass is 35.5. The molecule has 0 aromatic heterocycles. The number of rotatable bonds is 3. The first-order chi connectivity index (χ1) is 6.38. The van der Waals surface area contributed by atoms with Crippen molar-refractivity contribution in [2.24, 2.45) is 5.73 Å². The summed E-state index contributed by atoms with van der Waals surface area (Å²) in [5.74, 6) is 0. The Morgan fingerprint density at radius 1 is 1.36 bits per heavy atom. The van der Waals surface area contributed by atoms with Crippen LogP contribution in [0.5, 0.6) is 0 Å². The number of benzene rings is 1. The van der Waals surface area contributed by atoms with Gasteiger partial charge in [-0.2, -0.15) is 0 Å². The molecule has 2 heteroatoms. The highest BCUT2D eigenvalue weighted by molar-refractivity contribution is 6.31. The highest BCUT2D eigenvalue weighted by Gasteiger charge is 2.11. The number of halogens is 1. The summed E-state index contributed by atoms with van der Waals surface area (Å²) in [5.41, 5.74) is 8.26. The zero-order chi connectivity index (χ0) is 10.8. The van der Waals surface area contributed by atoms with Gasteiger partial charge in [-0.15, -0.1) is 0 Å². The van der Waals surface area contributed by atoms with Gasteiger partial charge in [0.05, 0.1) is 0 Å². The lowest BCUT2D eigenvalue weighted by Gasteiger charge is -2.18. The summed E-state index contributed by atoms with van der Waals surface area (Å²) in [6, 6.07) is 6.11. The van der Waals surface area contributed by atoms with Crippen molar-refractivity contribution in [3.63, 3.8) is 0 Å². The van der Waals surface area contributed by atoms with E-state index in [2.05, 4.69) is 13.0 Å². The summed E-state index contributed by atoms with van der Waals surface area (Å²) >= 11 is 6.08. The van der Waals surface area contributed by atoms with E-state index < -0.39 is 0 Å². The van der Waals surface area contributed by atoms with Crippen LogP contribution >= 0.6 is 11.6 Å². The van der Waals surface area contributed by atoms with Crippen LogP contribution in [0.4, 0.5) is 0 Å². The Kier molecular flexibility index (Phi) is 3.57. The van der Waals surface area contributed by atoms with Gasteiger partial charge in [0.15, 0.2) is 0 Å². The molecule has 1 aromatic rings. The molecule has 0 fully saturated rings. The molecule has 0 atom stereocenters. The molecule has 1 rings (SSSR count). The molecule has 2 N–H and O–H groups in total. The molecule has 0 unspecified atom stereocenters. The van der Waals surface area contributed by atoms with Gasteiger partial charge in [-0.3, -0.25) is 0 Å². The van der Waals surface area contributed by atoms with E-state index in [1.165, 1.54) is 11.1 Å². The monoisotopic (exact) mass is 211 g/mol. The lowest BCUT2D eigenvalue weighted by Crippen LogP contribution is -2.32. The predicted octanol–water partition coefficient (Wildman–Crippen LogP) is 3.32. The van der Waals surface area contributed by atoms with Crippen LogP contribution in [0.3, 0.4) is 0 Å². The zero-order valence-electron chi connectivity index (χ0n) is 9.10. The quantitative estimate of drug-likeness (QED) is 0.816. The minimum Gasteiger partial charge on any atom is -0.326 e. The second-order valence-corrected chi connectivity index (χ2v) is 4.99. The van der Waals surface area contributed by atoms with Gasteiger partial charge in [0.25, 0.3) is 0 Å². The first-order valence-corrected chi connectivity index (χ1v) is 5.30. The summed E-state index contributed by atoms with van der Waals surface area (Å²) < 4.78 is 0. The van der Waals surface area contributed by atoms with Gasteiger partial charge >= 0.3 is 0 Å². The minimum atomic E-state index is -0.118. The van der Waals surface area contributed by atoms with Gasteiger partial charge in [-0.1, -0.05) is 29.3 Å².